The number of hydrogen-bond acceptors (Lipinski definition) is 3. The van der Waals surface area contributed by atoms with Crippen molar-refractivity contribution < 1.29 is 14.3 Å². The van der Waals surface area contributed by atoms with Crippen LogP contribution in [0.2, 0.25) is 5.02 Å². The molecule has 5 heteroatoms. The Morgan fingerprint density at radius 2 is 1.81 bits per heavy atom. The van der Waals surface area contributed by atoms with Crippen molar-refractivity contribution in [2.24, 2.45) is 0 Å². The van der Waals surface area contributed by atoms with E-state index in [-0.39, 0.29) is 17.9 Å². The maximum atomic E-state index is 12.4. The standard InChI is InChI=1S/C21H26ClNO3/c1-13-7-8-18(15(9-13)21(3,4)5)26-12-20(24)23-17-10-14(2)16(22)11-19(17)25-6/h7-11H,12H2,1-6H3,(H,23,24). The van der Waals surface area contributed by atoms with Gasteiger partial charge < -0.3 is 14.8 Å². The molecular formula is C21H26ClNO3. The Morgan fingerprint density at radius 1 is 1.12 bits per heavy atom. The van der Waals surface area contributed by atoms with Gasteiger partial charge in [0.05, 0.1) is 12.8 Å². The van der Waals surface area contributed by atoms with Crippen LogP contribution < -0.4 is 14.8 Å². The van der Waals surface area contributed by atoms with E-state index in [1.807, 2.05) is 26.0 Å². The molecule has 0 fully saturated rings. The van der Waals surface area contributed by atoms with Gasteiger partial charge in [-0.3, -0.25) is 4.79 Å². The fraction of sp³-hybridized carbons (Fsp3) is 0.381. The summed E-state index contributed by atoms with van der Waals surface area (Å²) in [6, 6.07) is 9.46. The van der Waals surface area contributed by atoms with E-state index in [9.17, 15) is 4.79 Å². The molecule has 2 aromatic rings. The molecule has 1 N–H and O–H groups in total. The van der Waals surface area contributed by atoms with Crippen molar-refractivity contribution >= 4 is 23.2 Å². The minimum Gasteiger partial charge on any atom is -0.495 e. The maximum absolute atomic E-state index is 12.4. The van der Waals surface area contributed by atoms with E-state index in [1.54, 1.807) is 12.1 Å². The second-order valence-corrected chi connectivity index (χ2v) is 7.80. The predicted molar refractivity (Wildman–Crippen MR) is 107 cm³/mol. The Hall–Kier alpha value is -2.20. The van der Waals surface area contributed by atoms with Crippen molar-refractivity contribution in [3.63, 3.8) is 0 Å². The minimum atomic E-state index is -0.259. The molecular weight excluding hydrogens is 350 g/mol. The molecule has 0 aliphatic heterocycles. The van der Waals surface area contributed by atoms with E-state index in [0.717, 1.165) is 22.4 Å². The highest BCUT2D eigenvalue weighted by Crippen LogP contribution is 2.33. The summed E-state index contributed by atoms with van der Waals surface area (Å²) in [5.41, 5.74) is 3.59. The number of rotatable bonds is 5. The monoisotopic (exact) mass is 375 g/mol. The Bertz CT molecular complexity index is 810. The first-order valence-electron chi connectivity index (χ1n) is 8.49. The number of hydrogen-bond donors (Lipinski definition) is 1. The number of anilines is 1. The van der Waals surface area contributed by atoms with Crippen molar-refractivity contribution in [3.05, 3.63) is 52.0 Å². The van der Waals surface area contributed by atoms with E-state index in [0.29, 0.717) is 16.5 Å². The summed E-state index contributed by atoms with van der Waals surface area (Å²) < 4.78 is 11.1. The Kier molecular flexibility index (Phi) is 6.19. The van der Waals surface area contributed by atoms with Gasteiger partial charge >= 0.3 is 0 Å². The van der Waals surface area contributed by atoms with Crippen LogP contribution in [0.5, 0.6) is 11.5 Å². The number of carbonyl (C=O) groups excluding carboxylic acids is 1. The van der Waals surface area contributed by atoms with Crippen LogP contribution in [-0.4, -0.2) is 19.6 Å². The van der Waals surface area contributed by atoms with Crippen molar-refractivity contribution in [3.8, 4) is 11.5 Å². The molecule has 0 aliphatic carbocycles. The average molecular weight is 376 g/mol. The molecule has 0 unspecified atom stereocenters. The van der Waals surface area contributed by atoms with E-state index in [1.165, 1.54) is 7.11 Å². The summed E-state index contributed by atoms with van der Waals surface area (Å²) in [5.74, 6) is 0.975. The van der Waals surface area contributed by atoms with Crippen LogP contribution in [0.1, 0.15) is 37.5 Å². The lowest BCUT2D eigenvalue weighted by Crippen LogP contribution is -2.22. The maximum Gasteiger partial charge on any atom is 0.262 e. The van der Waals surface area contributed by atoms with Crippen LogP contribution in [0.3, 0.4) is 0 Å². The van der Waals surface area contributed by atoms with Gasteiger partial charge in [0.1, 0.15) is 11.5 Å². The summed E-state index contributed by atoms with van der Waals surface area (Å²) in [4.78, 5) is 12.4. The molecule has 2 aromatic carbocycles. The van der Waals surface area contributed by atoms with Crippen molar-refractivity contribution in [1.82, 2.24) is 0 Å². The largest absolute Gasteiger partial charge is 0.495 e. The van der Waals surface area contributed by atoms with Gasteiger partial charge in [0.15, 0.2) is 6.61 Å². The van der Waals surface area contributed by atoms with Gasteiger partial charge in [0.2, 0.25) is 0 Å². The average Bonchev–Trinajstić information content (AvgIpc) is 2.56. The zero-order valence-electron chi connectivity index (χ0n) is 16.2. The molecule has 140 valence electrons. The highest BCUT2D eigenvalue weighted by molar-refractivity contribution is 6.31. The minimum absolute atomic E-state index is 0.0751. The van der Waals surface area contributed by atoms with Gasteiger partial charge in [-0.05, 0) is 42.5 Å². The lowest BCUT2D eigenvalue weighted by atomic mass is 9.85. The summed E-state index contributed by atoms with van der Waals surface area (Å²) in [6.07, 6.45) is 0. The highest BCUT2D eigenvalue weighted by atomic mass is 35.5. The first-order valence-corrected chi connectivity index (χ1v) is 8.87. The molecule has 4 nitrogen and oxygen atoms in total. The third kappa shape index (κ3) is 4.92. The number of benzene rings is 2. The highest BCUT2D eigenvalue weighted by Gasteiger charge is 2.20. The SMILES string of the molecule is COc1cc(Cl)c(C)cc1NC(=O)COc1ccc(C)cc1C(C)(C)C. The van der Waals surface area contributed by atoms with Crippen LogP contribution in [0.4, 0.5) is 5.69 Å². The first kappa shape index (κ1) is 20.1. The smallest absolute Gasteiger partial charge is 0.262 e. The summed E-state index contributed by atoms with van der Waals surface area (Å²) in [6.45, 7) is 10.2. The third-order valence-electron chi connectivity index (χ3n) is 4.06. The Balaban J connectivity index is 2.12. The summed E-state index contributed by atoms with van der Waals surface area (Å²) in [5, 5.41) is 3.41. The topological polar surface area (TPSA) is 47.6 Å². The Morgan fingerprint density at radius 3 is 2.42 bits per heavy atom. The molecule has 0 heterocycles. The molecule has 0 aromatic heterocycles. The van der Waals surface area contributed by atoms with Crippen molar-refractivity contribution in [1.29, 1.82) is 0 Å². The number of methoxy groups -OCH3 is 1. The molecule has 1 amide bonds. The Labute approximate surface area is 160 Å². The zero-order valence-corrected chi connectivity index (χ0v) is 17.0. The predicted octanol–water partition coefficient (Wildman–Crippen LogP) is 5.28. The van der Waals surface area contributed by atoms with Crippen LogP contribution >= 0.6 is 11.6 Å². The molecule has 0 bridgehead atoms. The molecule has 0 spiro atoms. The van der Waals surface area contributed by atoms with E-state index >= 15 is 0 Å². The summed E-state index contributed by atoms with van der Waals surface area (Å²) in [7, 11) is 1.54. The molecule has 0 saturated heterocycles. The normalized spacial score (nSPS) is 11.2. The number of carbonyl (C=O) groups is 1. The fourth-order valence-corrected chi connectivity index (χ4v) is 2.77. The molecule has 0 radical (unpaired) electrons. The second kappa shape index (κ2) is 8.00. The van der Waals surface area contributed by atoms with Gasteiger partial charge in [0, 0.05) is 11.1 Å². The quantitative estimate of drug-likeness (QED) is 0.773. The number of ether oxygens (including phenoxy) is 2. The van der Waals surface area contributed by atoms with E-state index in [4.69, 9.17) is 21.1 Å². The molecule has 0 atom stereocenters. The van der Waals surface area contributed by atoms with E-state index < -0.39 is 0 Å². The van der Waals surface area contributed by atoms with Gasteiger partial charge in [-0.15, -0.1) is 0 Å². The third-order valence-corrected chi connectivity index (χ3v) is 4.46. The number of nitrogens with one attached hydrogen (secondary N) is 1. The molecule has 0 saturated carbocycles. The lowest BCUT2D eigenvalue weighted by Gasteiger charge is -2.23. The van der Waals surface area contributed by atoms with Crippen LogP contribution in [-0.2, 0) is 10.2 Å². The van der Waals surface area contributed by atoms with Crippen molar-refractivity contribution in [2.75, 3.05) is 19.0 Å². The molecule has 2 rings (SSSR count). The van der Waals surface area contributed by atoms with E-state index in [2.05, 4.69) is 32.2 Å². The van der Waals surface area contributed by atoms with Crippen LogP contribution in [0, 0.1) is 13.8 Å². The lowest BCUT2D eigenvalue weighted by molar-refractivity contribution is -0.118. The van der Waals surface area contributed by atoms with Gasteiger partial charge in [0.25, 0.3) is 5.91 Å². The number of amides is 1. The van der Waals surface area contributed by atoms with Gasteiger partial charge in [-0.2, -0.15) is 0 Å². The summed E-state index contributed by atoms with van der Waals surface area (Å²) >= 11 is 6.10. The van der Waals surface area contributed by atoms with Crippen LogP contribution in [0.25, 0.3) is 0 Å². The molecule has 26 heavy (non-hydrogen) atoms. The second-order valence-electron chi connectivity index (χ2n) is 7.39. The number of halogens is 1. The molecule has 0 aliphatic rings. The van der Waals surface area contributed by atoms with Crippen molar-refractivity contribution in [2.45, 2.75) is 40.0 Å². The van der Waals surface area contributed by atoms with Crippen LogP contribution in [0.15, 0.2) is 30.3 Å². The fourth-order valence-electron chi connectivity index (χ4n) is 2.62. The van der Waals surface area contributed by atoms with Gasteiger partial charge in [-0.1, -0.05) is 50.1 Å². The van der Waals surface area contributed by atoms with Gasteiger partial charge in [-0.25, -0.2) is 0 Å². The number of aryl methyl sites for hydroxylation is 2. The zero-order chi connectivity index (χ0) is 19.5. The first-order chi connectivity index (χ1) is 12.1.